The van der Waals surface area contributed by atoms with Crippen LogP contribution in [-0.4, -0.2) is 48.3 Å². The first-order valence-electron chi connectivity index (χ1n) is 7.25. The predicted molar refractivity (Wildman–Crippen MR) is 82.8 cm³/mol. The van der Waals surface area contributed by atoms with Gasteiger partial charge in [-0.15, -0.1) is 11.6 Å². The van der Waals surface area contributed by atoms with E-state index in [9.17, 15) is 4.79 Å². The van der Waals surface area contributed by atoms with Crippen LogP contribution in [0.25, 0.3) is 0 Å². The molecule has 0 bridgehead atoms. The van der Waals surface area contributed by atoms with E-state index in [4.69, 9.17) is 11.6 Å². The average molecular weight is 295 g/mol. The second-order valence-corrected chi connectivity index (χ2v) is 5.90. The van der Waals surface area contributed by atoms with Crippen molar-refractivity contribution >= 4 is 17.5 Å². The van der Waals surface area contributed by atoms with Gasteiger partial charge in [0.15, 0.2) is 0 Å². The minimum Gasteiger partial charge on any atom is -0.344 e. The smallest absolute Gasteiger partial charge is 0.237 e. The number of halogens is 1. The van der Waals surface area contributed by atoms with Gasteiger partial charge in [-0.1, -0.05) is 30.3 Å². The van der Waals surface area contributed by atoms with Crippen LogP contribution in [0.1, 0.15) is 18.4 Å². The Hall–Kier alpha value is -1.06. The SMILES string of the molecule is CN(CC1CCCN(Cc2ccccc2)C1)C(=O)CCl. The lowest BCUT2D eigenvalue weighted by molar-refractivity contribution is -0.128. The van der Waals surface area contributed by atoms with Crippen molar-refractivity contribution in [1.82, 2.24) is 9.80 Å². The van der Waals surface area contributed by atoms with Crippen LogP contribution in [0.3, 0.4) is 0 Å². The van der Waals surface area contributed by atoms with E-state index in [0.717, 1.165) is 26.2 Å². The van der Waals surface area contributed by atoms with Crippen molar-refractivity contribution < 1.29 is 4.79 Å². The van der Waals surface area contributed by atoms with Crippen LogP contribution in [-0.2, 0) is 11.3 Å². The molecule has 1 aliphatic heterocycles. The quantitative estimate of drug-likeness (QED) is 0.780. The number of carbonyl (C=O) groups excluding carboxylic acids is 1. The van der Waals surface area contributed by atoms with Gasteiger partial charge < -0.3 is 4.90 Å². The summed E-state index contributed by atoms with van der Waals surface area (Å²) in [7, 11) is 1.85. The lowest BCUT2D eigenvalue weighted by Crippen LogP contribution is -2.41. The van der Waals surface area contributed by atoms with Gasteiger partial charge in [-0.2, -0.15) is 0 Å². The molecule has 0 N–H and O–H groups in total. The largest absolute Gasteiger partial charge is 0.344 e. The van der Waals surface area contributed by atoms with Crippen molar-refractivity contribution in [3.8, 4) is 0 Å². The fraction of sp³-hybridized carbons (Fsp3) is 0.562. The van der Waals surface area contributed by atoms with Gasteiger partial charge in [0.2, 0.25) is 5.91 Å². The van der Waals surface area contributed by atoms with E-state index in [-0.39, 0.29) is 11.8 Å². The summed E-state index contributed by atoms with van der Waals surface area (Å²) in [6.45, 7) is 4.04. The molecule has 1 aromatic rings. The number of alkyl halides is 1. The third kappa shape index (κ3) is 4.50. The first-order chi connectivity index (χ1) is 9.69. The topological polar surface area (TPSA) is 23.6 Å². The minimum absolute atomic E-state index is 0.0202. The summed E-state index contributed by atoms with van der Waals surface area (Å²) in [5, 5.41) is 0. The van der Waals surface area contributed by atoms with Gasteiger partial charge >= 0.3 is 0 Å². The number of nitrogens with zero attached hydrogens (tertiary/aromatic N) is 2. The molecule has 0 saturated carbocycles. The van der Waals surface area contributed by atoms with Gasteiger partial charge in [0.05, 0.1) is 0 Å². The second-order valence-electron chi connectivity index (χ2n) is 5.64. The average Bonchev–Trinajstić information content (AvgIpc) is 2.47. The summed E-state index contributed by atoms with van der Waals surface area (Å²) >= 11 is 5.60. The molecule has 1 aromatic carbocycles. The van der Waals surface area contributed by atoms with Gasteiger partial charge in [-0.3, -0.25) is 9.69 Å². The van der Waals surface area contributed by atoms with Crippen molar-refractivity contribution in [2.75, 3.05) is 32.6 Å². The lowest BCUT2D eigenvalue weighted by Gasteiger charge is -2.34. The van der Waals surface area contributed by atoms with Gasteiger partial charge in [0, 0.05) is 26.7 Å². The Balaban J connectivity index is 1.84. The number of carbonyl (C=O) groups is 1. The Bertz CT molecular complexity index is 424. The van der Waals surface area contributed by atoms with Gasteiger partial charge in [-0.05, 0) is 30.9 Å². The van der Waals surface area contributed by atoms with Crippen LogP contribution in [0.15, 0.2) is 30.3 Å². The summed E-state index contributed by atoms with van der Waals surface area (Å²) in [4.78, 5) is 15.8. The van der Waals surface area contributed by atoms with Crippen LogP contribution in [0.2, 0.25) is 0 Å². The third-order valence-electron chi connectivity index (χ3n) is 3.92. The molecule has 3 nitrogen and oxygen atoms in total. The number of rotatable bonds is 5. The monoisotopic (exact) mass is 294 g/mol. The molecule has 1 heterocycles. The summed E-state index contributed by atoms with van der Waals surface area (Å²) in [6.07, 6.45) is 2.41. The van der Waals surface area contributed by atoms with Gasteiger partial charge in [-0.25, -0.2) is 0 Å². The lowest BCUT2D eigenvalue weighted by atomic mass is 9.97. The highest BCUT2D eigenvalue weighted by molar-refractivity contribution is 6.27. The fourth-order valence-corrected chi connectivity index (χ4v) is 3.08. The van der Waals surface area contributed by atoms with Crippen molar-refractivity contribution in [3.05, 3.63) is 35.9 Å². The molecule has 0 radical (unpaired) electrons. The van der Waals surface area contributed by atoms with E-state index in [2.05, 4.69) is 35.2 Å². The molecule has 1 atom stereocenters. The maximum atomic E-state index is 11.5. The van der Waals surface area contributed by atoms with Crippen LogP contribution < -0.4 is 0 Å². The Morgan fingerprint density at radius 1 is 1.40 bits per heavy atom. The highest BCUT2D eigenvalue weighted by Gasteiger charge is 2.22. The van der Waals surface area contributed by atoms with E-state index in [1.165, 1.54) is 18.4 Å². The number of likely N-dealkylation sites (tertiary alicyclic amines) is 1. The molecular formula is C16H23ClN2O. The van der Waals surface area contributed by atoms with E-state index >= 15 is 0 Å². The molecule has 110 valence electrons. The third-order valence-corrected chi connectivity index (χ3v) is 4.15. The highest BCUT2D eigenvalue weighted by Crippen LogP contribution is 2.19. The van der Waals surface area contributed by atoms with Crippen molar-refractivity contribution in [2.24, 2.45) is 5.92 Å². The summed E-state index contributed by atoms with van der Waals surface area (Å²) in [5.74, 6) is 0.660. The zero-order valence-corrected chi connectivity index (χ0v) is 12.9. The normalized spacial score (nSPS) is 19.8. The molecule has 1 saturated heterocycles. The summed E-state index contributed by atoms with van der Waals surface area (Å²) < 4.78 is 0. The van der Waals surface area contributed by atoms with E-state index in [1.807, 2.05) is 7.05 Å². The Labute approximate surface area is 126 Å². The van der Waals surface area contributed by atoms with Crippen molar-refractivity contribution in [3.63, 3.8) is 0 Å². The molecule has 1 aliphatic rings. The van der Waals surface area contributed by atoms with Gasteiger partial charge in [0.25, 0.3) is 0 Å². The van der Waals surface area contributed by atoms with Crippen LogP contribution >= 0.6 is 11.6 Å². The van der Waals surface area contributed by atoms with Crippen LogP contribution in [0, 0.1) is 5.92 Å². The molecule has 0 aromatic heterocycles. The minimum atomic E-state index is 0.0202. The van der Waals surface area contributed by atoms with Crippen LogP contribution in [0.4, 0.5) is 0 Å². The molecule has 2 rings (SSSR count). The molecular weight excluding hydrogens is 272 g/mol. The zero-order valence-electron chi connectivity index (χ0n) is 12.1. The second kappa shape index (κ2) is 7.65. The number of benzene rings is 1. The molecule has 1 amide bonds. The predicted octanol–water partition coefficient (Wildman–Crippen LogP) is 2.60. The number of piperidine rings is 1. The number of hydrogen-bond acceptors (Lipinski definition) is 2. The maximum Gasteiger partial charge on any atom is 0.237 e. The zero-order chi connectivity index (χ0) is 14.4. The van der Waals surface area contributed by atoms with Crippen molar-refractivity contribution in [2.45, 2.75) is 19.4 Å². The first kappa shape index (κ1) is 15.3. The number of amides is 1. The standard InChI is InChI=1S/C16H23ClN2O/c1-18(16(20)10-17)11-15-8-5-9-19(13-15)12-14-6-3-2-4-7-14/h2-4,6-7,15H,5,8-13H2,1H3. The Kier molecular flexibility index (Phi) is 5.86. The molecule has 4 heteroatoms. The Morgan fingerprint density at radius 3 is 2.85 bits per heavy atom. The van der Waals surface area contributed by atoms with E-state index in [0.29, 0.717) is 5.92 Å². The van der Waals surface area contributed by atoms with Crippen LogP contribution in [0.5, 0.6) is 0 Å². The van der Waals surface area contributed by atoms with Gasteiger partial charge in [0.1, 0.15) is 5.88 Å². The van der Waals surface area contributed by atoms with E-state index in [1.54, 1.807) is 4.90 Å². The summed E-state index contributed by atoms with van der Waals surface area (Å²) in [6, 6.07) is 10.6. The number of hydrogen-bond donors (Lipinski definition) is 0. The summed E-state index contributed by atoms with van der Waals surface area (Å²) in [5.41, 5.74) is 1.36. The van der Waals surface area contributed by atoms with E-state index < -0.39 is 0 Å². The van der Waals surface area contributed by atoms with Crippen molar-refractivity contribution in [1.29, 1.82) is 0 Å². The molecule has 1 unspecified atom stereocenters. The first-order valence-corrected chi connectivity index (χ1v) is 7.78. The molecule has 0 spiro atoms. The molecule has 20 heavy (non-hydrogen) atoms. The molecule has 0 aliphatic carbocycles. The Morgan fingerprint density at radius 2 is 2.15 bits per heavy atom. The highest BCUT2D eigenvalue weighted by atomic mass is 35.5. The maximum absolute atomic E-state index is 11.5. The fourth-order valence-electron chi connectivity index (χ4n) is 2.88. The molecule has 1 fully saturated rings.